The number of nitrogens with one attached hydrogen (secondary N) is 1. The molecule has 0 aliphatic heterocycles. The lowest BCUT2D eigenvalue weighted by atomic mass is 10.2. The highest BCUT2D eigenvalue weighted by atomic mass is 32.2. The molecule has 0 aromatic carbocycles. The molecule has 4 nitrogen and oxygen atoms in total. The van der Waals surface area contributed by atoms with Gasteiger partial charge in [-0.1, -0.05) is 0 Å². The van der Waals surface area contributed by atoms with Crippen molar-refractivity contribution in [2.45, 2.75) is 18.6 Å². The summed E-state index contributed by atoms with van der Waals surface area (Å²) in [5, 5.41) is 3.18. The van der Waals surface area contributed by atoms with E-state index in [0.717, 1.165) is 6.54 Å². The number of thioether (sulfide) groups is 1. The van der Waals surface area contributed by atoms with Crippen LogP contribution in [0.15, 0.2) is 12.4 Å². The fourth-order valence-electron chi connectivity index (χ4n) is 0.854. The Labute approximate surface area is 88.7 Å². The van der Waals surface area contributed by atoms with E-state index in [2.05, 4.69) is 35.4 Å². The van der Waals surface area contributed by atoms with Crippen molar-refractivity contribution in [1.29, 1.82) is 0 Å². The van der Waals surface area contributed by atoms with Gasteiger partial charge in [-0.25, -0.2) is 9.97 Å². The number of nitrogens with zero attached hydrogens (tertiary/aromatic N) is 2. The van der Waals surface area contributed by atoms with Crippen molar-refractivity contribution in [1.82, 2.24) is 9.97 Å². The molecule has 1 rings (SSSR count). The van der Waals surface area contributed by atoms with E-state index in [-0.39, 0.29) is 4.75 Å². The molecule has 0 atom stereocenters. The second kappa shape index (κ2) is 4.50. The minimum Gasteiger partial charge on any atom is -0.381 e. The zero-order valence-corrected chi connectivity index (χ0v) is 9.56. The number of hydrogen-bond acceptors (Lipinski definition) is 5. The molecular formula is C9H16N4S. The number of hydrogen-bond donors (Lipinski definition) is 2. The molecule has 0 amide bonds. The van der Waals surface area contributed by atoms with Crippen molar-refractivity contribution in [3.63, 3.8) is 0 Å². The molecule has 0 fully saturated rings. The lowest BCUT2D eigenvalue weighted by molar-refractivity contribution is 0.750. The molecule has 1 aromatic heterocycles. The van der Waals surface area contributed by atoms with Gasteiger partial charge >= 0.3 is 0 Å². The zero-order chi connectivity index (χ0) is 10.6. The van der Waals surface area contributed by atoms with Crippen LogP contribution in [-0.2, 0) is 0 Å². The van der Waals surface area contributed by atoms with Gasteiger partial charge in [-0.2, -0.15) is 11.8 Å². The van der Waals surface area contributed by atoms with Gasteiger partial charge in [0.15, 0.2) is 11.6 Å². The molecule has 0 bridgehead atoms. The van der Waals surface area contributed by atoms with Gasteiger partial charge in [-0.05, 0) is 20.1 Å². The average molecular weight is 212 g/mol. The predicted octanol–water partition coefficient (Wildman–Crippen LogP) is 1.61. The Morgan fingerprint density at radius 2 is 2.07 bits per heavy atom. The van der Waals surface area contributed by atoms with E-state index in [1.54, 1.807) is 24.2 Å². The van der Waals surface area contributed by atoms with Crippen LogP contribution in [0.2, 0.25) is 0 Å². The van der Waals surface area contributed by atoms with E-state index in [0.29, 0.717) is 11.6 Å². The first-order chi connectivity index (χ1) is 6.55. The monoisotopic (exact) mass is 212 g/mol. The number of nitrogens with two attached hydrogens (primary N) is 1. The van der Waals surface area contributed by atoms with Crippen LogP contribution >= 0.6 is 11.8 Å². The Kier molecular flexibility index (Phi) is 3.57. The summed E-state index contributed by atoms with van der Waals surface area (Å²) in [5.41, 5.74) is 5.65. The summed E-state index contributed by atoms with van der Waals surface area (Å²) in [7, 11) is 0. The van der Waals surface area contributed by atoms with E-state index >= 15 is 0 Å². The smallest absolute Gasteiger partial charge is 0.168 e. The standard InChI is InChI=1S/C9H16N4S/c1-9(2,14-3)6-13-8-7(10)11-4-5-12-8/h4-5H,6H2,1-3H3,(H2,10,11)(H,12,13). The molecule has 0 spiro atoms. The molecule has 3 N–H and O–H groups in total. The first-order valence-corrected chi connectivity index (χ1v) is 5.63. The van der Waals surface area contributed by atoms with Crippen LogP contribution in [0, 0.1) is 0 Å². The second-order valence-electron chi connectivity index (χ2n) is 3.61. The Bertz CT molecular complexity index is 301. The molecule has 1 heterocycles. The van der Waals surface area contributed by atoms with E-state index in [4.69, 9.17) is 5.73 Å². The molecule has 0 unspecified atom stereocenters. The van der Waals surface area contributed by atoms with Gasteiger partial charge in [-0.15, -0.1) is 0 Å². The lowest BCUT2D eigenvalue weighted by Crippen LogP contribution is -2.26. The summed E-state index contributed by atoms with van der Waals surface area (Å²) in [5.74, 6) is 1.11. The van der Waals surface area contributed by atoms with Crippen LogP contribution in [-0.4, -0.2) is 27.5 Å². The first kappa shape index (κ1) is 11.1. The van der Waals surface area contributed by atoms with Crippen molar-refractivity contribution in [3.8, 4) is 0 Å². The molecule has 5 heteroatoms. The van der Waals surface area contributed by atoms with Crippen molar-refractivity contribution < 1.29 is 0 Å². The van der Waals surface area contributed by atoms with Crippen LogP contribution in [0.4, 0.5) is 11.6 Å². The largest absolute Gasteiger partial charge is 0.381 e. The average Bonchev–Trinajstić information content (AvgIpc) is 2.17. The highest BCUT2D eigenvalue weighted by Gasteiger charge is 2.16. The van der Waals surface area contributed by atoms with Gasteiger partial charge < -0.3 is 11.1 Å². The lowest BCUT2D eigenvalue weighted by Gasteiger charge is -2.22. The van der Waals surface area contributed by atoms with E-state index in [1.165, 1.54) is 0 Å². The molecule has 1 aromatic rings. The summed E-state index contributed by atoms with van der Waals surface area (Å²) in [4.78, 5) is 8.06. The van der Waals surface area contributed by atoms with Crippen molar-refractivity contribution in [3.05, 3.63) is 12.4 Å². The summed E-state index contributed by atoms with van der Waals surface area (Å²) in [6.45, 7) is 5.14. The summed E-state index contributed by atoms with van der Waals surface area (Å²) in [6.07, 6.45) is 5.30. The molecule has 0 saturated carbocycles. The predicted molar refractivity (Wildman–Crippen MR) is 62.5 cm³/mol. The third-order valence-electron chi connectivity index (χ3n) is 1.96. The number of aromatic nitrogens is 2. The third-order valence-corrected chi connectivity index (χ3v) is 3.21. The third kappa shape index (κ3) is 3.06. The van der Waals surface area contributed by atoms with E-state index in [1.807, 2.05) is 0 Å². The van der Waals surface area contributed by atoms with Crippen LogP contribution in [0.25, 0.3) is 0 Å². The van der Waals surface area contributed by atoms with Crippen molar-refractivity contribution >= 4 is 23.4 Å². The Morgan fingerprint density at radius 3 is 2.64 bits per heavy atom. The van der Waals surface area contributed by atoms with Gasteiger partial charge in [0.1, 0.15) is 0 Å². The van der Waals surface area contributed by atoms with Gasteiger partial charge in [0.2, 0.25) is 0 Å². The number of nitrogen functional groups attached to an aromatic ring is 1. The minimum absolute atomic E-state index is 0.171. The second-order valence-corrected chi connectivity index (χ2v) is 5.12. The maximum absolute atomic E-state index is 5.65. The highest BCUT2D eigenvalue weighted by Crippen LogP contribution is 2.22. The van der Waals surface area contributed by atoms with Crippen LogP contribution in [0.5, 0.6) is 0 Å². The van der Waals surface area contributed by atoms with Crippen molar-refractivity contribution in [2.75, 3.05) is 23.9 Å². The Balaban J connectivity index is 2.58. The SMILES string of the molecule is CSC(C)(C)CNc1nccnc1N. The molecule has 0 aliphatic rings. The molecule has 14 heavy (non-hydrogen) atoms. The fraction of sp³-hybridized carbons (Fsp3) is 0.556. The quantitative estimate of drug-likeness (QED) is 0.794. The van der Waals surface area contributed by atoms with Gasteiger partial charge in [0.25, 0.3) is 0 Å². The maximum Gasteiger partial charge on any atom is 0.168 e. The molecule has 78 valence electrons. The van der Waals surface area contributed by atoms with E-state index < -0.39 is 0 Å². The van der Waals surface area contributed by atoms with Gasteiger partial charge in [0.05, 0.1) is 0 Å². The fourth-order valence-corrected chi connectivity index (χ4v) is 1.07. The molecule has 0 saturated heterocycles. The Hall–Kier alpha value is -0.970. The molecule has 0 radical (unpaired) electrons. The van der Waals surface area contributed by atoms with Crippen LogP contribution in [0.3, 0.4) is 0 Å². The van der Waals surface area contributed by atoms with Crippen LogP contribution in [0.1, 0.15) is 13.8 Å². The Morgan fingerprint density at radius 1 is 1.43 bits per heavy atom. The summed E-state index contributed by atoms with van der Waals surface area (Å²) in [6, 6.07) is 0. The number of anilines is 2. The highest BCUT2D eigenvalue weighted by molar-refractivity contribution is 7.99. The zero-order valence-electron chi connectivity index (χ0n) is 8.74. The topological polar surface area (TPSA) is 63.8 Å². The molecule has 0 aliphatic carbocycles. The van der Waals surface area contributed by atoms with E-state index in [9.17, 15) is 0 Å². The first-order valence-electron chi connectivity index (χ1n) is 4.41. The summed E-state index contributed by atoms with van der Waals surface area (Å²) < 4.78 is 0.171. The van der Waals surface area contributed by atoms with Crippen molar-refractivity contribution in [2.24, 2.45) is 0 Å². The molecular weight excluding hydrogens is 196 g/mol. The van der Waals surface area contributed by atoms with Gasteiger partial charge in [-0.3, -0.25) is 0 Å². The number of rotatable bonds is 4. The normalized spacial score (nSPS) is 11.4. The minimum atomic E-state index is 0.171. The van der Waals surface area contributed by atoms with Crippen LogP contribution < -0.4 is 11.1 Å². The van der Waals surface area contributed by atoms with Gasteiger partial charge in [0, 0.05) is 23.7 Å². The summed E-state index contributed by atoms with van der Waals surface area (Å²) >= 11 is 1.80. The maximum atomic E-state index is 5.65.